The Labute approximate surface area is 152 Å². The van der Waals surface area contributed by atoms with Crippen molar-refractivity contribution < 1.29 is 14.4 Å². The molecule has 0 aromatic heterocycles. The van der Waals surface area contributed by atoms with Crippen LogP contribution in [0.15, 0.2) is 48.5 Å². The molecule has 134 valence electrons. The van der Waals surface area contributed by atoms with Gasteiger partial charge in [0.1, 0.15) is 6.29 Å². The maximum Gasteiger partial charge on any atom is 0.231 e. The zero-order chi connectivity index (χ0) is 19.4. The Morgan fingerprint density at radius 2 is 1.46 bits per heavy atom. The van der Waals surface area contributed by atoms with Gasteiger partial charge in [-0.2, -0.15) is 5.26 Å². The summed E-state index contributed by atoms with van der Waals surface area (Å²) in [5, 5.41) is 16.7. The molecule has 7 nitrogen and oxygen atoms in total. The molecule has 7 heteroatoms. The molecule has 0 aliphatic rings. The molecule has 0 aliphatic carbocycles. The quantitative estimate of drug-likeness (QED) is 0.566. The third kappa shape index (κ3) is 7.75. The average Bonchev–Trinajstić information content (AvgIpc) is 2.63. The first kappa shape index (κ1) is 20.4. The molecular formula is C19H20N4O3. The Balaban J connectivity index is 0.000000263. The Morgan fingerprint density at radius 3 is 1.92 bits per heavy atom. The molecule has 0 atom stereocenters. The van der Waals surface area contributed by atoms with Gasteiger partial charge in [0.25, 0.3) is 0 Å². The minimum absolute atomic E-state index is 0.0489. The van der Waals surface area contributed by atoms with E-state index in [0.717, 1.165) is 11.4 Å². The highest BCUT2D eigenvalue weighted by molar-refractivity contribution is 5.98. The van der Waals surface area contributed by atoms with Crippen LogP contribution in [0.3, 0.4) is 0 Å². The van der Waals surface area contributed by atoms with Gasteiger partial charge in [-0.3, -0.25) is 9.59 Å². The van der Waals surface area contributed by atoms with Gasteiger partial charge in [0, 0.05) is 31.0 Å². The summed E-state index contributed by atoms with van der Waals surface area (Å²) < 4.78 is 0. The van der Waals surface area contributed by atoms with Gasteiger partial charge in [0.2, 0.25) is 11.8 Å². The summed E-state index contributed by atoms with van der Waals surface area (Å²) in [5.41, 5.74) is 2.96. The summed E-state index contributed by atoms with van der Waals surface area (Å²) >= 11 is 0. The first-order valence-electron chi connectivity index (χ1n) is 7.77. The number of benzene rings is 2. The lowest BCUT2D eigenvalue weighted by molar-refractivity contribution is -0.120. The van der Waals surface area contributed by atoms with E-state index in [1.807, 2.05) is 37.4 Å². The Hall–Kier alpha value is -3.66. The van der Waals surface area contributed by atoms with Crippen molar-refractivity contribution in [3.63, 3.8) is 0 Å². The average molecular weight is 352 g/mol. The lowest BCUT2D eigenvalue weighted by atomic mass is 10.2. The third-order valence-electron chi connectivity index (χ3n) is 3.06. The fraction of sp³-hybridized carbons (Fsp3) is 0.158. The number of carbonyl (C=O) groups is 3. The van der Waals surface area contributed by atoms with E-state index in [2.05, 4.69) is 16.0 Å². The van der Waals surface area contributed by atoms with Gasteiger partial charge in [0.15, 0.2) is 0 Å². The molecule has 0 heterocycles. The highest BCUT2D eigenvalue weighted by Crippen LogP contribution is 2.12. The molecule has 0 saturated heterocycles. The second-order valence-electron chi connectivity index (χ2n) is 5.12. The van der Waals surface area contributed by atoms with Crippen molar-refractivity contribution in [2.24, 2.45) is 0 Å². The fourth-order valence-corrected chi connectivity index (χ4v) is 1.84. The molecule has 0 aliphatic heterocycles. The minimum Gasteiger partial charge on any atom is -0.388 e. The van der Waals surface area contributed by atoms with Crippen LogP contribution in [0.1, 0.15) is 18.9 Å². The number of hydrogen-bond acceptors (Lipinski definition) is 5. The second kappa shape index (κ2) is 11.0. The van der Waals surface area contributed by atoms with E-state index >= 15 is 0 Å². The minimum atomic E-state index is -0.357. The highest BCUT2D eigenvalue weighted by atomic mass is 16.2. The topological polar surface area (TPSA) is 111 Å². The molecule has 0 fully saturated rings. The van der Waals surface area contributed by atoms with Crippen LogP contribution in [0.25, 0.3) is 0 Å². The van der Waals surface area contributed by atoms with E-state index in [4.69, 9.17) is 5.26 Å². The molecular weight excluding hydrogens is 332 g/mol. The summed E-state index contributed by atoms with van der Waals surface area (Å²) in [6.07, 6.45) is 0.388. The van der Waals surface area contributed by atoms with Gasteiger partial charge >= 0.3 is 0 Å². The molecule has 3 N–H and O–H groups in total. The molecule has 0 bridgehead atoms. The van der Waals surface area contributed by atoms with Crippen molar-refractivity contribution in [3.8, 4) is 6.07 Å². The Kier molecular flexibility index (Phi) is 8.62. The summed E-state index contributed by atoms with van der Waals surface area (Å²) in [5.74, 6) is -0.406. The monoisotopic (exact) mass is 352 g/mol. The number of rotatable bonds is 5. The maximum atomic E-state index is 11.0. The predicted molar refractivity (Wildman–Crippen MR) is 101 cm³/mol. The number of nitrogens with one attached hydrogen (secondary N) is 3. The smallest absolute Gasteiger partial charge is 0.231 e. The maximum absolute atomic E-state index is 11.0. The largest absolute Gasteiger partial charge is 0.388 e. The Morgan fingerprint density at radius 1 is 0.962 bits per heavy atom. The van der Waals surface area contributed by atoms with Crippen molar-refractivity contribution in [2.75, 3.05) is 23.0 Å². The van der Waals surface area contributed by atoms with Crippen LogP contribution in [0, 0.1) is 11.3 Å². The first-order chi connectivity index (χ1) is 12.5. The summed E-state index contributed by atoms with van der Waals surface area (Å²) in [4.78, 5) is 31.6. The second-order valence-corrected chi connectivity index (χ2v) is 5.12. The van der Waals surface area contributed by atoms with Gasteiger partial charge in [-0.05, 0) is 48.5 Å². The van der Waals surface area contributed by atoms with Gasteiger partial charge in [-0.15, -0.1) is 0 Å². The number of anilines is 3. The zero-order valence-electron chi connectivity index (χ0n) is 14.6. The van der Waals surface area contributed by atoms with Crippen molar-refractivity contribution in [1.29, 1.82) is 5.26 Å². The molecule has 2 amide bonds. The van der Waals surface area contributed by atoms with Crippen LogP contribution in [0.2, 0.25) is 0 Å². The number of aldehydes is 1. The zero-order valence-corrected chi connectivity index (χ0v) is 14.6. The number of nitrogens with zero attached hydrogens (tertiary/aromatic N) is 1. The molecule has 0 radical (unpaired) electrons. The van der Waals surface area contributed by atoms with Crippen LogP contribution in [-0.2, 0) is 14.4 Å². The van der Waals surface area contributed by atoms with Crippen molar-refractivity contribution in [3.05, 3.63) is 54.1 Å². The van der Waals surface area contributed by atoms with E-state index in [1.165, 1.54) is 6.92 Å². The Bertz CT molecular complexity index is 778. The van der Waals surface area contributed by atoms with Crippen molar-refractivity contribution in [1.82, 2.24) is 0 Å². The number of amides is 2. The molecule has 0 saturated carbocycles. The van der Waals surface area contributed by atoms with E-state index in [1.54, 1.807) is 24.3 Å². The van der Waals surface area contributed by atoms with Gasteiger partial charge in [0.05, 0.1) is 18.1 Å². The summed E-state index contributed by atoms with van der Waals surface area (Å²) in [6.45, 7) is 1.49. The lowest BCUT2D eigenvalue weighted by Gasteiger charge is -2.03. The van der Waals surface area contributed by atoms with Gasteiger partial charge in [-0.1, -0.05) is 0 Å². The molecule has 0 spiro atoms. The highest BCUT2D eigenvalue weighted by Gasteiger charge is 2.00. The van der Waals surface area contributed by atoms with E-state index in [-0.39, 0.29) is 18.2 Å². The first-order valence-corrected chi connectivity index (χ1v) is 7.77. The summed E-state index contributed by atoms with van der Waals surface area (Å²) in [7, 11) is 1.85. The van der Waals surface area contributed by atoms with Crippen LogP contribution in [-0.4, -0.2) is 25.1 Å². The number of hydrogen-bond donors (Lipinski definition) is 3. The number of carbonyl (C=O) groups excluding carboxylic acids is 3. The van der Waals surface area contributed by atoms with Crippen molar-refractivity contribution >= 4 is 35.2 Å². The predicted octanol–water partition coefficient (Wildman–Crippen LogP) is 2.77. The SMILES string of the molecule is CNc1ccc(NC(C)=O)cc1.N#Cc1ccc(NC(=O)CC=O)cc1. The third-order valence-corrected chi connectivity index (χ3v) is 3.06. The lowest BCUT2D eigenvalue weighted by Crippen LogP contribution is -2.11. The van der Waals surface area contributed by atoms with Gasteiger partial charge in [-0.25, -0.2) is 0 Å². The normalized spacial score (nSPS) is 8.96. The molecule has 26 heavy (non-hydrogen) atoms. The molecule has 2 aromatic carbocycles. The van der Waals surface area contributed by atoms with E-state index < -0.39 is 0 Å². The van der Waals surface area contributed by atoms with E-state index in [9.17, 15) is 14.4 Å². The van der Waals surface area contributed by atoms with E-state index in [0.29, 0.717) is 17.5 Å². The standard InChI is InChI=1S/C10H8N2O2.C9H12N2O/c11-7-8-1-3-9(4-2-8)12-10(14)5-6-13;1-7(12)11-9-5-3-8(10-2)4-6-9/h1-4,6H,5H2,(H,12,14);3-6,10H,1-2H3,(H,11,12). The van der Waals surface area contributed by atoms with Gasteiger partial charge < -0.3 is 20.7 Å². The van der Waals surface area contributed by atoms with Crippen LogP contribution in [0.5, 0.6) is 0 Å². The molecule has 0 unspecified atom stereocenters. The van der Waals surface area contributed by atoms with Crippen LogP contribution < -0.4 is 16.0 Å². The fourth-order valence-electron chi connectivity index (χ4n) is 1.84. The molecule has 2 aromatic rings. The van der Waals surface area contributed by atoms with Crippen molar-refractivity contribution in [2.45, 2.75) is 13.3 Å². The summed E-state index contributed by atoms with van der Waals surface area (Å²) in [6, 6.07) is 15.9. The number of nitriles is 1. The van der Waals surface area contributed by atoms with Crippen LogP contribution in [0.4, 0.5) is 17.1 Å². The molecule has 2 rings (SSSR count). The van der Waals surface area contributed by atoms with Crippen LogP contribution >= 0.6 is 0 Å².